The predicted octanol–water partition coefficient (Wildman–Crippen LogP) is 8.02. The van der Waals surface area contributed by atoms with E-state index in [0.29, 0.717) is 41.4 Å². The van der Waals surface area contributed by atoms with Crippen LogP contribution in [0.4, 0.5) is 10.5 Å². The Morgan fingerprint density at radius 3 is 2.38 bits per heavy atom. The highest BCUT2D eigenvalue weighted by Gasteiger charge is 2.26. The number of hydrogen-bond acceptors (Lipinski definition) is 9. The summed E-state index contributed by atoms with van der Waals surface area (Å²) in [5, 5.41) is 2.98. The van der Waals surface area contributed by atoms with Gasteiger partial charge in [-0.3, -0.25) is 0 Å². The van der Waals surface area contributed by atoms with Crippen molar-refractivity contribution in [2.45, 2.75) is 19.8 Å². The lowest BCUT2D eigenvalue weighted by Gasteiger charge is -2.32. The minimum Gasteiger partial charge on any atom is -0.493 e. The fourth-order valence-corrected chi connectivity index (χ4v) is 6.95. The molecule has 12 heteroatoms. The molecule has 0 bridgehead atoms. The van der Waals surface area contributed by atoms with E-state index in [0.717, 1.165) is 29.0 Å². The van der Waals surface area contributed by atoms with Crippen molar-refractivity contribution >= 4 is 50.9 Å². The summed E-state index contributed by atoms with van der Waals surface area (Å²) in [6.07, 6.45) is 1.62. The van der Waals surface area contributed by atoms with Gasteiger partial charge in [-0.2, -0.15) is 0 Å². The van der Waals surface area contributed by atoms with Gasteiger partial charge in [0.25, 0.3) is 0 Å². The number of rotatable bonds is 12. The molecule has 1 fully saturated rings. The molecule has 0 atom stereocenters. The maximum absolute atomic E-state index is 13.0. The van der Waals surface area contributed by atoms with Crippen LogP contribution in [0.1, 0.15) is 29.4 Å². The third kappa shape index (κ3) is 9.05. The molecule has 10 nitrogen and oxygen atoms in total. The Morgan fingerprint density at radius 2 is 1.64 bits per heavy atom. The molecular formula is C35H35BrN2O8S. The number of thiophene rings is 1. The van der Waals surface area contributed by atoms with E-state index in [9.17, 15) is 14.4 Å². The van der Waals surface area contributed by atoms with E-state index in [4.69, 9.17) is 23.7 Å². The summed E-state index contributed by atoms with van der Waals surface area (Å²) in [5.74, 6) is 1.45. The lowest BCUT2D eigenvalue weighted by atomic mass is 9.98. The number of benzene rings is 3. The van der Waals surface area contributed by atoms with Gasteiger partial charge in [0.1, 0.15) is 17.2 Å². The second-order valence-corrected chi connectivity index (χ2v) is 12.4. The third-order valence-corrected chi connectivity index (χ3v) is 9.59. The standard InChI is InChI=1S/C35H35BrN2O8S/c1-3-43-29(39)22-45-31-30(36)32(47-33(31)34(40)42-2)24-9-7-13-27(19-24)44-21-23-15-17-38(18-16-23)35(41)37-25-10-8-14-28(20-25)46-26-11-5-4-6-12-26/h4-14,19-20,23H,3,15-18,21-22H2,1-2H3,(H,37,41). The number of nitrogens with one attached hydrogen (secondary N) is 1. The number of urea groups is 1. The number of anilines is 1. The van der Waals surface area contributed by atoms with Crippen LogP contribution in [-0.2, 0) is 14.3 Å². The Balaban J connectivity index is 1.14. The topological polar surface area (TPSA) is 113 Å². The monoisotopic (exact) mass is 722 g/mol. The third-order valence-electron chi connectivity index (χ3n) is 7.37. The average Bonchev–Trinajstić information content (AvgIpc) is 3.42. The largest absolute Gasteiger partial charge is 0.493 e. The fraction of sp³-hybridized carbons (Fsp3) is 0.286. The number of halogens is 1. The number of ether oxygens (including phenoxy) is 5. The number of carbonyl (C=O) groups excluding carboxylic acids is 3. The van der Waals surface area contributed by atoms with Crippen LogP contribution in [0.15, 0.2) is 83.3 Å². The van der Waals surface area contributed by atoms with Gasteiger partial charge in [-0.1, -0.05) is 36.4 Å². The molecule has 0 aliphatic carbocycles. The molecule has 2 heterocycles. The SMILES string of the molecule is CCOC(=O)COc1c(C(=O)OC)sc(-c2cccc(OCC3CCN(C(=O)Nc4cccc(Oc5ccccc5)c4)CC3)c2)c1Br. The van der Waals surface area contributed by atoms with Crippen molar-refractivity contribution in [2.75, 3.05) is 45.3 Å². The molecule has 3 aromatic carbocycles. The predicted molar refractivity (Wildman–Crippen MR) is 183 cm³/mol. The van der Waals surface area contributed by atoms with Crippen LogP contribution in [0.2, 0.25) is 0 Å². The summed E-state index contributed by atoms with van der Waals surface area (Å²) in [6, 6.07) is 24.2. The normalized spacial score (nSPS) is 13.0. The molecule has 2 amide bonds. The zero-order chi connectivity index (χ0) is 33.2. The summed E-state index contributed by atoms with van der Waals surface area (Å²) in [4.78, 5) is 40.1. The van der Waals surface area contributed by atoms with E-state index in [1.54, 1.807) is 6.92 Å². The number of carbonyl (C=O) groups is 3. The molecule has 1 aromatic heterocycles. The van der Waals surface area contributed by atoms with Gasteiger partial charge < -0.3 is 33.9 Å². The molecule has 0 unspecified atom stereocenters. The minimum absolute atomic E-state index is 0.146. The van der Waals surface area contributed by atoms with E-state index in [1.165, 1.54) is 18.4 Å². The summed E-state index contributed by atoms with van der Waals surface area (Å²) in [6.45, 7) is 3.33. The Kier molecular flexibility index (Phi) is 11.7. The molecular weight excluding hydrogens is 688 g/mol. The second kappa shape index (κ2) is 16.3. The fourth-order valence-electron chi connectivity index (χ4n) is 4.98. The molecule has 1 N–H and O–H groups in total. The van der Waals surface area contributed by atoms with Gasteiger partial charge in [-0.25, -0.2) is 14.4 Å². The number of methoxy groups -OCH3 is 1. The van der Waals surface area contributed by atoms with Crippen molar-refractivity contribution in [1.82, 2.24) is 4.90 Å². The first-order valence-electron chi connectivity index (χ1n) is 15.2. The minimum atomic E-state index is -0.571. The molecule has 0 saturated carbocycles. The number of piperidine rings is 1. The average molecular weight is 724 g/mol. The first-order chi connectivity index (χ1) is 22.8. The first-order valence-corrected chi connectivity index (χ1v) is 16.8. The van der Waals surface area contributed by atoms with E-state index in [1.807, 2.05) is 83.8 Å². The van der Waals surface area contributed by atoms with Gasteiger partial charge >= 0.3 is 18.0 Å². The van der Waals surface area contributed by atoms with Gasteiger partial charge in [0.05, 0.1) is 29.7 Å². The lowest BCUT2D eigenvalue weighted by molar-refractivity contribution is -0.145. The maximum atomic E-state index is 13.0. The number of amides is 2. The number of para-hydroxylation sites is 1. The number of esters is 2. The van der Waals surface area contributed by atoms with Crippen LogP contribution in [0.3, 0.4) is 0 Å². The van der Waals surface area contributed by atoms with Crippen LogP contribution in [0.5, 0.6) is 23.0 Å². The van der Waals surface area contributed by atoms with Crippen molar-refractivity contribution in [3.8, 4) is 33.4 Å². The van der Waals surface area contributed by atoms with Gasteiger partial charge in [0, 0.05) is 24.8 Å². The second-order valence-electron chi connectivity index (χ2n) is 10.6. The molecule has 0 spiro atoms. The first kappa shape index (κ1) is 33.8. The molecule has 4 aromatic rings. The zero-order valence-corrected chi connectivity index (χ0v) is 28.4. The highest BCUT2D eigenvalue weighted by Crippen LogP contribution is 2.46. The molecule has 47 heavy (non-hydrogen) atoms. The maximum Gasteiger partial charge on any atom is 0.351 e. The Hall–Kier alpha value is -4.55. The van der Waals surface area contributed by atoms with Gasteiger partial charge in [0.15, 0.2) is 17.2 Å². The summed E-state index contributed by atoms with van der Waals surface area (Å²) in [5.41, 5.74) is 1.47. The van der Waals surface area contributed by atoms with E-state index >= 15 is 0 Å². The van der Waals surface area contributed by atoms with Crippen LogP contribution in [0, 0.1) is 5.92 Å². The summed E-state index contributed by atoms with van der Waals surface area (Å²) in [7, 11) is 1.29. The quantitative estimate of drug-likeness (QED) is 0.146. The highest BCUT2D eigenvalue weighted by molar-refractivity contribution is 9.10. The van der Waals surface area contributed by atoms with Crippen molar-refractivity contribution < 1.29 is 38.1 Å². The molecule has 1 saturated heterocycles. The number of nitrogens with zero attached hydrogens (tertiary/aromatic N) is 1. The summed E-state index contributed by atoms with van der Waals surface area (Å²) < 4.78 is 28.2. The van der Waals surface area contributed by atoms with Crippen molar-refractivity contribution in [3.05, 3.63) is 88.2 Å². The van der Waals surface area contributed by atoms with Gasteiger partial charge in [-0.15, -0.1) is 11.3 Å². The van der Waals surface area contributed by atoms with Crippen LogP contribution in [-0.4, -0.2) is 62.9 Å². The van der Waals surface area contributed by atoms with Crippen LogP contribution in [0.25, 0.3) is 10.4 Å². The van der Waals surface area contributed by atoms with E-state index < -0.39 is 11.9 Å². The molecule has 1 aliphatic heterocycles. The molecule has 246 valence electrons. The Bertz CT molecular complexity index is 1690. The molecule has 1 aliphatic rings. The van der Waals surface area contributed by atoms with Crippen molar-refractivity contribution in [2.24, 2.45) is 5.92 Å². The number of likely N-dealkylation sites (tertiary alicyclic amines) is 1. The molecule has 0 radical (unpaired) electrons. The van der Waals surface area contributed by atoms with E-state index in [-0.39, 0.29) is 35.8 Å². The smallest absolute Gasteiger partial charge is 0.351 e. The highest BCUT2D eigenvalue weighted by atomic mass is 79.9. The van der Waals surface area contributed by atoms with Crippen molar-refractivity contribution in [1.29, 1.82) is 0 Å². The van der Waals surface area contributed by atoms with Crippen LogP contribution < -0.4 is 19.5 Å². The Labute approximate surface area is 285 Å². The van der Waals surface area contributed by atoms with Gasteiger partial charge in [-0.05, 0) is 83.6 Å². The van der Waals surface area contributed by atoms with E-state index in [2.05, 4.69) is 21.2 Å². The number of hydrogen-bond donors (Lipinski definition) is 1. The zero-order valence-electron chi connectivity index (χ0n) is 26.0. The van der Waals surface area contributed by atoms with Crippen LogP contribution >= 0.6 is 27.3 Å². The lowest BCUT2D eigenvalue weighted by Crippen LogP contribution is -2.42. The van der Waals surface area contributed by atoms with Gasteiger partial charge in [0.2, 0.25) is 0 Å². The van der Waals surface area contributed by atoms with Crippen molar-refractivity contribution in [3.63, 3.8) is 0 Å². The Morgan fingerprint density at radius 1 is 0.915 bits per heavy atom. The molecule has 5 rings (SSSR count). The summed E-state index contributed by atoms with van der Waals surface area (Å²) >= 11 is 4.74.